The summed E-state index contributed by atoms with van der Waals surface area (Å²) in [6.45, 7) is -0.413. The van der Waals surface area contributed by atoms with Crippen molar-refractivity contribution in [2.45, 2.75) is 11.9 Å². The van der Waals surface area contributed by atoms with E-state index in [1.54, 1.807) is 7.11 Å². The summed E-state index contributed by atoms with van der Waals surface area (Å²) in [5.74, 6) is 7.36. The Morgan fingerprint density at radius 1 is 1.37 bits per heavy atom. The quantitative estimate of drug-likeness (QED) is 0.668. The smallest absolute Gasteiger partial charge is 0.119 e. The molecule has 1 aromatic rings. The van der Waals surface area contributed by atoms with E-state index in [1.807, 2.05) is 18.2 Å². The van der Waals surface area contributed by atoms with E-state index in [9.17, 15) is 5.11 Å². The van der Waals surface area contributed by atoms with Crippen molar-refractivity contribution in [3.8, 4) is 17.6 Å². The number of rotatable bonds is 6. The average molecular weight is 282 g/mol. The van der Waals surface area contributed by atoms with Gasteiger partial charge in [0.25, 0.3) is 0 Å². The molecule has 0 saturated carbocycles. The van der Waals surface area contributed by atoms with Gasteiger partial charge in [-0.25, -0.2) is 0 Å². The molecule has 0 amide bonds. The zero-order chi connectivity index (χ0) is 14.1. The van der Waals surface area contributed by atoms with Crippen LogP contribution < -0.4 is 4.74 Å². The number of thioether (sulfide) groups is 1. The third kappa shape index (κ3) is 5.53. The van der Waals surface area contributed by atoms with Gasteiger partial charge in [-0.1, -0.05) is 11.8 Å². The SMILES string of the molecule is COc1ccc(C#CCO)c(CSCC(O)CO)c1. The Kier molecular flexibility index (Phi) is 7.38. The fraction of sp³-hybridized carbons (Fsp3) is 0.429. The Bertz CT molecular complexity index is 450. The van der Waals surface area contributed by atoms with Crippen molar-refractivity contribution in [3.05, 3.63) is 29.3 Å². The van der Waals surface area contributed by atoms with Gasteiger partial charge < -0.3 is 20.1 Å². The van der Waals surface area contributed by atoms with Gasteiger partial charge in [-0.05, 0) is 23.8 Å². The molecule has 0 aliphatic heterocycles. The van der Waals surface area contributed by atoms with E-state index in [0.717, 1.165) is 16.9 Å². The van der Waals surface area contributed by atoms with Crippen LogP contribution in [0.5, 0.6) is 5.75 Å². The summed E-state index contributed by atoms with van der Waals surface area (Å²) in [5.41, 5.74) is 1.82. The first-order valence-electron chi connectivity index (χ1n) is 5.84. The van der Waals surface area contributed by atoms with Gasteiger partial charge in [0.1, 0.15) is 12.4 Å². The van der Waals surface area contributed by atoms with Crippen LogP contribution in [0.2, 0.25) is 0 Å². The summed E-state index contributed by atoms with van der Waals surface area (Å²) in [7, 11) is 1.60. The lowest BCUT2D eigenvalue weighted by molar-refractivity contribution is 0.113. The minimum Gasteiger partial charge on any atom is -0.497 e. The summed E-state index contributed by atoms with van der Waals surface area (Å²) in [6.07, 6.45) is -0.706. The number of aliphatic hydroxyl groups excluding tert-OH is 3. The summed E-state index contributed by atoms with van der Waals surface area (Å²) < 4.78 is 5.17. The number of hydrogen-bond donors (Lipinski definition) is 3. The molecule has 0 spiro atoms. The fourth-order valence-electron chi connectivity index (χ4n) is 1.43. The molecule has 1 atom stereocenters. The molecule has 0 aromatic heterocycles. The summed E-state index contributed by atoms with van der Waals surface area (Å²) in [4.78, 5) is 0. The Morgan fingerprint density at radius 3 is 2.79 bits per heavy atom. The first kappa shape index (κ1) is 15.9. The molecular weight excluding hydrogens is 264 g/mol. The van der Waals surface area contributed by atoms with Crippen LogP contribution in [0.3, 0.4) is 0 Å². The molecule has 4 nitrogen and oxygen atoms in total. The highest BCUT2D eigenvalue weighted by Crippen LogP contribution is 2.22. The first-order valence-corrected chi connectivity index (χ1v) is 7.00. The van der Waals surface area contributed by atoms with E-state index < -0.39 is 6.10 Å². The zero-order valence-electron chi connectivity index (χ0n) is 10.8. The summed E-state index contributed by atoms with van der Waals surface area (Å²) in [6, 6.07) is 5.55. The van der Waals surface area contributed by atoms with E-state index in [2.05, 4.69) is 11.8 Å². The highest BCUT2D eigenvalue weighted by atomic mass is 32.2. The minimum atomic E-state index is -0.706. The molecular formula is C14H18O4S. The lowest BCUT2D eigenvalue weighted by Gasteiger charge is -2.09. The van der Waals surface area contributed by atoms with Gasteiger partial charge >= 0.3 is 0 Å². The molecule has 19 heavy (non-hydrogen) atoms. The molecule has 1 aromatic carbocycles. The van der Waals surface area contributed by atoms with Gasteiger partial charge in [0.15, 0.2) is 0 Å². The van der Waals surface area contributed by atoms with Crippen molar-refractivity contribution in [1.29, 1.82) is 0 Å². The minimum absolute atomic E-state index is 0.179. The maximum absolute atomic E-state index is 9.29. The van der Waals surface area contributed by atoms with Gasteiger partial charge in [-0.3, -0.25) is 0 Å². The van der Waals surface area contributed by atoms with E-state index in [-0.39, 0.29) is 13.2 Å². The number of benzene rings is 1. The van der Waals surface area contributed by atoms with Crippen molar-refractivity contribution >= 4 is 11.8 Å². The standard InChI is InChI=1S/C14H18O4S/c1-18-14-5-4-11(3-2-6-15)12(7-14)9-19-10-13(17)8-16/h4-5,7,13,15-17H,6,8-10H2,1H3. The lowest BCUT2D eigenvalue weighted by atomic mass is 10.1. The third-order valence-corrected chi connectivity index (χ3v) is 3.53. The van der Waals surface area contributed by atoms with Gasteiger partial charge in [0.2, 0.25) is 0 Å². The van der Waals surface area contributed by atoms with Crippen LogP contribution in [0.25, 0.3) is 0 Å². The van der Waals surface area contributed by atoms with Crippen molar-refractivity contribution < 1.29 is 20.1 Å². The second kappa shape index (κ2) is 8.83. The molecule has 5 heteroatoms. The molecule has 104 valence electrons. The van der Waals surface area contributed by atoms with Crippen molar-refractivity contribution in [3.63, 3.8) is 0 Å². The van der Waals surface area contributed by atoms with E-state index in [0.29, 0.717) is 11.5 Å². The highest BCUT2D eigenvalue weighted by molar-refractivity contribution is 7.98. The Labute approximate surface area is 117 Å². The largest absolute Gasteiger partial charge is 0.497 e. The molecule has 0 aliphatic rings. The van der Waals surface area contributed by atoms with Gasteiger partial charge in [0.05, 0.1) is 19.8 Å². The normalized spacial score (nSPS) is 11.6. The molecule has 0 fully saturated rings. The monoisotopic (exact) mass is 282 g/mol. The van der Waals surface area contributed by atoms with Crippen LogP contribution in [0.15, 0.2) is 18.2 Å². The van der Waals surface area contributed by atoms with Crippen molar-refractivity contribution in [2.75, 3.05) is 26.1 Å². The van der Waals surface area contributed by atoms with E-state index in [1.165, 1.54) is 11.8 Å². The number of hydrogen-bond acceptors (Lipinski definition) is 5. The van der Waals surface area contributed by atoms with Crippen LogP contribution in [0.4, 0.5) is 0 Å². The van der Waals surface area contributed by atoms with Crippen LogP contribution >= 0.6 is 11.8 Å². The first-order chi connectivity index (χ1) is 9.21. The van der Waals surface area contributed by atoms with E-state index >= 15 is 0 Å². The molecule has 0 radical (unpaired) electrons. The zero-order valence-corrected chi connectivity index (χ0v) is 11.6. The maximum Gasteiger partial charge on any atom is 0.119 e. The topological polar surface area (TPSA) is 69.9 Å². The number of methoxy groups -OCH3 is 1. The summed E-state index contributed by atoms with van der Waals surface area (Å²) in [5, 5.41) is 26.8. The molecule has 1 unspecified atom stereocenters. The second-order valence-corrected chi connectivity index (χ2v) is 4.86. The van der Waals surface area contributed by atoms with Crippen LogP contribution in [-0.4, -0.2) is 47.5 Å². The second-order valence-electron chi connectivity index (χ2n) is 3.83. The van der Waals surface area contributed by atoms with Gasteiger partial charge in [0, 0.05) is 17.1 Å². The van der Waals surface area contributed by atoms with Crippen molar-refractivity contribution in [1.82, 2.24) is 0 Å². The molecule has 0 saturated heterocycles. The summed E-state index contributed by atoms with van der Waals surface area (Å²) >= 11 is 1.51. The number of aliphatic hydroxyl groups is 3. The van der Waals surface area contributed by atoms with Crippen LogP contribution in [0.1, 0.15) is 11.1 Å². The third-order valence-electron chi connectivity index (χ3n) is 2.39. The van der Waals surface area contributed by atoms with Gasteiger partial charge in [-0.15, -0.1) is 0 Å². The Balaban J connectivity index is 2.76. The number of ether oxygens (including phenoxy) is 1. The van der Waals surface area contributed by atoms with Gasteiger partial charge in [-0.2, -0.15) is 11.8 Å². The lowest BCUT2D eigenvalue weighted by Crippen LogP contribution is -2.14. The Hall–Kier alpha value is -1.19. The fourth-order valence-corrected chi connectivity index (χ4v) is 2.38. The highest BCUT2D eigenvalue weighted by Gasteiger charge is 2.06. The predicted octanol–water partition coefficient (Wildman–Crippen LogP) is 0.625. The Morgan fingerprint density at radius 2 is 2.16 bits per heavy atom. The molecule has 0 aliphatic carbocycles. The maximum atomic E-state index is 9.29. The molecule has 1 rings (SSSR count). The van der Waals surface area contributed by atoms with Crippen LogP contribution in [0, 0.1) is 11.8 Å². The van der Waals surface area contributed by atoms with E-state index in [4.69, 9.17) is 14.9 Å². The molecule has 0 bridgehead atoms. The average Bonchev–Trinajstić information content (AvgIpc) is 2.45. The van der Waals surface area contributed by atoms with Crippen molar-refractivity contribution in [2.24, 2.45) is 0 Å². The molecule has 0 heterocycles. The van der Waals surface area contributed by atoms with Crippen LogP contribution in [-0.2, 0) is 5.75 Å². The predicted molar refractivity (Wildman–Crippen MR) is 76.2 cm³/mol. The molecule has 3 N–H and O–H groups in total.